The molecule has 19 heavy (non-hydrogen) atoms. The minimum absolute atomic E-state index is 0.00687. The van der Waals surface area contributed by atoms with E-state index >= 15 is 0 Å². The van der Waals surface area contributed by atoms with Crippen LogP contribution in [-0.2, 0) is 23.9 Å². The molecule has 0 atom stereocenters. The number of rotatable bonds is 8. The second-order valence-corrected chi connectivity index (χ2v) is 6.28. The average molecular weight is 306 g/mol. The second-order valence-electron chi connectivity index (χ2n) is 3.73. The Morgan fingerprint density at radius 2 is 1.16 bits per heavy atom. The maximum atomic E-state index is 11.2. The topological polar surface area (TPSA) is 77.5 Å². The van der Waals surface area contributed by atoms with Crippen molar-refractivity contribution in [3.8, 4) is 0 Å². The van der Waals surface area contributed by atoms with Gasteiger partial charge in [-0.3, -0.25) is 19.2 Å². The molecule has 0 N–H and O–H groups in total. The predicted molar refractivity (Wildman–Crippen MR) is 75.8 cm³/mol. The van der Waals surface area contributed by atoms with Crippen molar-refractivity contribution in [2.24, 2.45) is 0 Å². The van der Waals surface area contributed by atoms with E-state index in [1.165, 1.54) is 13.8 Å². The second kappa shape index (κ2) is 11.0. The van der Waals surface area contributed by atoms with Gasteiger partial charge in [0.15, 0.2) is 10.2 Å². The molecule has 0 aromatic carbocycles. The molecule has 0 saturated heterocycles. The van der Waals surface area contributed by atoms with Crippen LogP contribution in [0.25, 0.3) is 0 Å². The van der Waals surface area contributed by atoms with Crippen molar-refractivity contribution in [2.75, 3.05) is 11.5 Å². The Hall–Kier alpha value is -0.820. The zero-order chi connectivity index (χ0) is 14.7. The van der Waals surface area contributed by atoms with Gasteiger partial charge < -0.3 is 4.74 Å². The fourth-order valence-electron chi connectivity index (χ4n) is 1.09. The maximum absolute atomic E-state index is 11.2. The van der Waals surface area contributed by atoms with Gasteiger partial charge in [0.1, 0.15) is 0 Å². The van der Waals surface area contributed by atoms with Gasteiger partial charge in [-0.1, -0.05) is 23.5 Å². The van der Waals surface area contributed by atoms with Crippen molar-refractivity contribution in [2.45, 2.75) is 39.5 Å². The summed E-state index contributed by atoms with van der Waals surface area (Å²) in [5.41, 5.74) is 0. The SMILES string of the molecule is CC(=O)SCCCC(=O)OC(=O)CCCSC(C)=O. The van der Waals surface area contributed by atoms with Crippen molar-refractivity contribution in [1.82, 2.24) is 0 Å². The molecule has 0 bridgehead atoms. The van der Waals surface area contributed by atoms with Gasteiger partial charge in [0.2, 0.25) is 0 Å². The molecule has 7 heteroatoms. The standard InChI is InChI=1S/C12H18O5S2/c1-9(13)18-7-3-5-11(15)17-12(16)6-4-8-19-10(2)14/h3-8H2,1-2H3. The first-order valence-corrected chi connectivity index (χ1v) is 7.89. The van der Waals surface area contributed by atoms with Crippen molar-refractivity contribution in [3.63, 3.8) is 0 Å². The maximum Gasteiger partial charge on any atom is 0.313 e. The van der Waals surface area contributed by atoms with Crippen LogP contribution in [0.5, 0.6) is 0 Å². The lowest BCUT2D eigenvalue weighted by molar-refractivity contribution is -0.159. The van der Waals surface area contributed by atoms with Crippen LogP contribution in [0.2, 0.25) is 0 Å². The van der Waals surface area contributed by atoms with Crippen molar-refractivity contribution in [3.05, 3.63) is 0 Å². The highest BCUT2D eigenvalue weighted by molar-refractivity contribution is 8.13. The predicted octanol–water partition coefficient (Wildman–Crippen LogP) is 2.18. The first-order chi connectivity index (χ1) is 8.91. The molecular weight excluding hydrogens is 288 g/mol. The highest BCUT2D eigenvalue weighted by Gasteiger charge is 2.10. The summed E-state index contributed by atoms with van der Waals surface area (Å²) < 4.78 is 4.60. The number of carbonyl (C=O) groups is 4. The lowest BCUT2D eigenvalue weighted by Gasteiger charge is -2.02. The van der Waals surface area contributed by atoms with E-state index in [1.807, 2.05) is 0 Å². The summed E-state index contributed by atoms with van der Waals surface area (Å²) in [6, 6.07) is 0. The van der Waals surface area contributed by atoms with Gasteiger partial charge in [-0.15, -0.1) is 0 Å². The van der Waals surface area contributed by atoms with Gasteiger partial charge in [-0.05, 0) is 12.8 Å². The van der Waals surface area contributed by atoms with Crippen LogP contribution in [0.3, 0.4) is 0 Å². The van der Waals surface area contributed by atoms with E-state index in [-0.39, 0.29) is 23.1 Å². The fraction of sp³-hybridized carbons (Fsp3) is 0.667. The van der Waals surface area contributed by atoms with E-state index in [9.17, 15) is 19.2 Å². The molecule has 0 aromatic rings. The fourth-order valence-corrected chi connectivity index (χ4v) is 2.25. The molecule has 0 amide bonds. The van der Waals surface area contributed by atoms with Crippen molar-refractivity contribution >= 4 is 45.7 Å². The summed E-state index contributed by atoms with van der Waals surface area (Å²) in [6.07, 6.45) is 1.29. The van der Waals surface area contributed by atoms with E-state index in [2.05, 4.69) is 4.74 Å². The minimum atomic E-state index is -0.562. The first-order valence-electron chi connectivity index (χ1n) is 5.92. The normalized spacial score (nSPS) is 10.0. The van der Waals surface area contributed by atoms with E-state index < -0.39 is 11.9 Å². The summed E-state index contributed by atoms with van der Waals surface area (Å²) in [5, 5.41) is 0.0137. The third-order valence-electron chi connectivity index (χ3n) is 1.89. The highest BCUT2D eigenvalue weighted by Crippen LogP contribution is 2.08. The van der Waals surface area contributed by atoms with Crippen LogP contribution < -0.4 is 0 Å². The summed E-state index contributed by atoms with van der Waals surface area (Å²) >= 11 is 2.29. The number of hydrogen-bond donors (Lipinski definition) is 0. The Morgan fingerprint density at radius 3 is 1.47 bits per heavy atom. The Morgan fingerprint density at radius 1 is 0.789 bits per heavy atom. The van der Waals surface area contributed by atoms with E-state index in [0.717, 1.165) is 23.5 Å². The molecular formula is C12H18O5S2. The van der Waals surface area contributed by atoms with Crippen molar-refractivity contribution < 1.29 is 23.9 Å². The van der Waals surface area contributed by atoms with Crippen LogP contribution in [-0.4, -0.2) is 33.7 Å². The van der Waals surface area contributed by atoms with Crippen LogP contribution in [0.15, 0.2) is 0 Å². The van der Waals surface area contributed by atoms with Gasteiger partial charge in [0.25, 0.3) is 0 Å². The van der Waals surface area contributed by atoms with Crippen LogP contribution >= 0.6 is 23.5 Å². The van der Waals surface area contributed by atoms with Crippen molar-refractivity contribution in [1.29, 1.82) is 0 Å². The molecule has 0 aliphatic rings. The monoisotopic (exact) mass is 306 g/mol. The minimum Gasteiger partial charge on any atom is -0.393 e. The number of carbonyl (C=O) groups excluding carboxylic acids is 4. The zero-order valence-corrected chi connectivity index (χ0v) is 12.7. The molecule has 5 nitrogen and oxygen atoms in total. The Kier molecular flexibility index (Phi) is 10.6. The third kappa shape index (κ3) is 13.4. The number of ether oxygens (including phenoxy) is 1. The van der Waals surface area contributed by atoms with Gasteiger partial charge in [0.05, 0.1) is 0 Å². The molecule has 0 unspecified atom stereocenters. The molecule has 0 radical (unpaired) electrons. The van der Waals surface area contributed by atoms with Crippen LogP contribution in [0, 0.1) is 0 Å². The number of esters is 2. The summed E-state index contributed by atoms with van der Waals surface area (Å²) in [6.45, 7) is 2.93. The Bertz CT molecular complexity index is 309. The average Bonchev–Trinajstić information content (AvgIpc) is 2.30. The lowest BCUT2D eigenvalue weighted by Crippen LogP contribution is -2.12. The Labute approximate surface area is 121 Å². The van der Waals surface area contributed by atoms with Gasteiger partial charge >= 0.3 is 11.9 Å². The molecule has 0 aliphatic carbocycles. The lowest BCUT2D eigenvalue weighted by atomic mass is 10.3. The van der Waals surface area contributed by atoms with Gasteiger partial charge in [0, 0.05) is 38.2 Å². The Balaban J connectivity index is 3.55. The first kappa shape index (κ1) is 18.2. The quantitative estimate of drug-likeness (QED) is 0.386. The smallest absolute Gasteiger partial charge is 0.313 e. The molecule has 0 spiro atoms. The molecule has 0 saturated carbocycles. The zero-order valence-electron chi connectivity index (χ0n) is 11.1. The van der Waals surface area contributed by atoms with Crippen LogP contribution in [0.1, 0.15) is 39.5 Å². The highest BCUT2D eigenvalue weighted by atomic mass is 32.2. The van der Waals surface area contributed by atoms with E-state index in [1.54, 1.807) is 0 Å². The number of hydrogen-bond acceptors (Lipinski definition) is 7. The van der Waals surface area contributed by atoms with E-state index in [0.29, 0.717) is 24.3 Å². The largest absolute Gasteiger partial charge is 0.393 e. The van der Waals surface area contributed by atoms with Crippen LogP contribution in [0.4, 0.5) is 0 Å². The number of thioether (sulfide) groups is 2. The summed E-state index contributed by atoms with van der Waals surface area (Å²) in [5.74, 6) is -0.0244. The van der Waals surface area contributed by atoms with Gasteiger partial charge in [-0.25, -0.2) is 0 Å². The molecule has 0 rings (SSSR count). The van der Waals surface area contributed by atoms with E-state index in [4.69, 9.17) is 0 Å². The van der Waals surface area contributed by atoms with Gasteiger partial charge in [-0.2, -0.15) is 0 Å². The molecule has 0 aromatic heterocycles. The summed E-state index contributed by atoms with van der Waals surface area (Å²) in [4.78, 5) is 43.7. The molecule has 0 aliphatic heterocycles. The summed E-state index contributed by atoms with van der Waals surface area (Å²) in [7, 11) is 0. The molecule has 108 valence electrons. The molecule has 0 heterocycles. The molecule has 0 fully saturated rings. The third-order valence-corrected chi connectivity index (χ3v) is 3.69.